The summed E-state index contributed by atoms with van der Waals surface area (Å²) in [6.07, 6.45) is 3.52. The van der Waals surface area contributed by atoms with Crippen LogP contribution in [0, 0.1) is 12.7 Å². The van der Waals surface area contributed by atoms with E-state index in [-0.39, 0.29) is 11.9 Å². The minimum atomic E-state index is -0.209. The number of hydrogen-bond donors (Lipinski definition) is 1. The van der Waals surface area contributed by atoms with E-state index < -0.39 is 0 Å². The van der Waals surface area contributed by atoms with Gasteiger partial charge < -0.3 is 5.32 Å². The summed E-state index contributed by atoms with van der Waals surface area (Å²) in [4.78, 5) is 9.32. The number of aryl methyl sites for hydroxylation is 1. The second kappa shape index (κ2) is 6.12. The maximum atomic E-state index is 14.0. The van der Waals surface area contributed by atoms with E-state index in [0.29, 0.717) is 10.7 Å². The Morgan fingerprint density at radius 1 is 1.26 bits per heavy atom. The van der Waals surface area contributed by atoms with Gasteiger partial charge in [-0.3, -0.25) is 0 Å². The fourth-order valence-electron chi connectivity index (χ4n) is 1.70. The van der Waals surface area contributed by atoms with Crippen LogP contribution < -0.4 is 5.32 Å². The fourth-order valence-corrected chi connectivity index (χ4v) is 2.64. The SMILES string of the molecule is CNC(C)c1c(F)cccc1Sc1ncc(C)cn1. The van der Waals surface area contributed by atoms with Crippen molar-refractivity contribution >= 4 is 11.8 Å². The molecule has 0 radical (unpaired) electrons. The van der Waals surface area contributed by atoms with Crippen molar-refractivity contribution in [3.05, 3.63) is 47.5 Å². The third-order valence-electron chi connectivity index (χ3n) is 2.84. The van der Waals surface area contributed by atoms with Gasteiger partial charge in [0.15, 0.2) is 5.16 Å². The second-order valence-corrected chi connectivity index (χ2v) is 5.32. The lowest BCUT2D eigenvalue weighted by Gasteiger charge is -2.15. The molecular formula is C14H16FN3S. The van der Waals surface area contributed by atoms with E-state index in [1.165, 1.54) is 17.8 Å². The van der Waals surface area contributed by atoms with E-state index in [2.05, 4.69) is 15.3 Å². The van der Waals surface area contributed by atoms with Crippen LogP contribution in [-0.4, -0.2) is 17.0 Å². The molecule has 0 bridgehead atoms. The molecule has 0 spiro atoms. The minimum Gasteiger partial charge on any atom is -0.313 e. The quantitative estimate of drug-likeness (QED) is 0.870. The number of nitrogens with zero attached hydrogens (tertiary/aromatic N) is 2. The van der Waals surface area contributed by atoms with Crippen molar-refractivity contribution < 1.29 is 4.39 Å². The molecule has 1 atom stereocenters. The summed E-state index contributed by atoms with van der Waals surface area (Å²) in [6.45, 7) is 3.86. The van der Waals surface area contributed by atoms with E-state index in [9.17, 15) is 4.39 Å². The van der Waals surface area contributed by atoms with Crippen molar-refractivity contribution in [1.29, 1.82) is 0 Å². The zero-order valence-electron chi connectivity index (χ0n) is 11.1. The molecule has 1 aromatic heterocycles. The molecule has 0 saturated heterocycles. The summed E-state index contributed by atoms with van der Waals surface area (Å²) in [7, 11) is 1.81. The van der Waals surface area contributed by atoms with Gasteiger partial charge in [-0.15, -0.1) is 0 Å². The van der Waals surface area contributed by atoms with Crippen LogP contribution in [0.2, 0.25) is 0 Å². The summed E-state index contributed by atoms with van der Waals surface area (Å²) in [5, 5.41) is 3.69. The third-order valence-corrected chi connectivity index (χ3v) is 3.81. The van der Waals surface area contributed by atoms with Gasteiger partial charge in [0, 0.05) is 28.9 Å². The Morgan fingerprint density at radius 3 is 2.58 bits per heavy atom. The molecule has 3 nitrogen and oxygen atoms in total. The van der Waals surface area contributed by atoms with Gasteiger partial charge in [0.25, 0.3) is 0 Å². The lowest BCUT2D eigenvalue weighted by molar-refractivity contribution is 0.552. The van der Waals surface area contributed by atoms with Crippen molar-refractivity contribution in [2.45, 2.75) is 29.9 Å². The molecule has 1 N–H and O–H groups in total. The zero-order valence-corrected chi connectivity index (χ0v) is 12.0. The van der Waals surface area contributed by atoms with Crippen molar-refractivity contribution in [1.82, 2.24) is 15.3 Å². The molecule has 0 aliphatic carbocycles. The van der Waals surface area contributed by atoms with E-state index in [1.807, 2.05) is 27.0 Å². The maximum absolute atomic E-state index is 14.0. The number of nitrogens with one attached hydrogen (secondary N) is 1. The molecular weight excluding hydrogens is 261 g/mol. The van der Waals surface area contributed by atoms with Crippen LogP contribution in [-0.2, 0) is 0 Å². The Labute approximate surface area is 116 Å². The molecule has 0 aliphatic heterocycles. The predicted octanol–water partition coefficient (Wildman–Crippen LogP) is 3.36. The standard InChI is InChI=1S/C14H16FN3S/c1-9-7-17-14(18-8-9)19-12-6-4-5-11(15)13(12)10(2)16-3/h4-8,10,16H,1-3H3. The monoisotopic (exact) mass is 277 g/mol. The Balaban J connectivity index is 2.34. The number of halogens is 1. The Bertz CT molecular complexity index is 557. The van der Waals surface area contributed by atoms with Crippen LogP contribution in [0.1, 0.15) is 24.1 Å². The van der Waals surface area contributed by atoms with Gasteiger partial charge in [0.2, 0.25) is 0 Å². The molecule has 19 heavy (non-hydrogen) atoms. The molecule has 100 valence electrons. The first-order valence-corrected chi connectivity index (χ1v) is 6.85. The highest BCUT2D eigenvalue weighted by molar-refractivity contribution is 7.99. The van der Waals surface area contributed by atoms with E-state index >= 15 is 0 Å². The normalized spacial score (nSPS) is 12.4. The van der Waals surface area contributed by atoms with Gasteiger partial charge in [-0.2, -0.15) is 0 Å². The first kappa shape index (κ1) is 14.0. The van der Waals surface area contributed by atoms with Crippen molar-refractivity contribution in [3.8, 4) is 0 Å². The minimum absolute atomic E-state index is 0.0610. The third kappa shape index (κ3) is 3.30. The molecule has 1 aromatic carbocycles. The molecule has 5 heteroatoms. The first-order valence-electron chi connectivity index (χ1n) is 6.04. The van der Waals surface area contributed by atoms with Crippen LogP contribution >= 0.6 is 11.8 Å². The molecule has 1 heterocycles. The summed E-state index contributed by atoms with van der Waals surface area (Å²) >= 11 is 1.38. The Kier molecular flexibility index (Phi) is 4.50. The van der Waals surface area contributed by atoms with Crippen LogP contribution in [0.25, 0.3) is 0 Å². The highest BCUT2D eigenvalue weighted by atomic mass is 32.2. The van der Waals surface area contributed by atoms with E-state index in [1.54, 1.807) is 18.5 Å². The van der Waals surface area contributed by atoms with Crippen molar-refractivity contribution in [2.24, 2.45) is 0 Å². The molecule has 0 aliphatic rings. The molecule has 0 amide bonds. The number of benzene rings is 1. The maximum Gasteiger partial charge on any atom is 0.192 e. The summed E-state index contributed by atoms with van der Waals surface area (Å²) in [6, 6.07) is 5.01. The van der Waals surface area contributed by atoms with Gasteiger partial charge >= 0.3 is 0 Å². The van der Waals surface area contributed by atoms with E-state index in [0.717, 1.165) is 10.5 Å². The van der Waals surface area contributed by atoms with Gasteiger partial charge in [-0.05, 0) is 50.4 Å². The van der Waals surface area contributed by atoms with Gasteiger partial charge in [-0.25, -0.2) is 14.4 Å². The Hall–Kier alpha value is -1.46. The van der Waals surface area contributed by atoms with Crippen LogP contribution in [0.3, 0.4) is 0 Å². The van der Waals surface area contributed by atoms with Gasteiger partial charge in [-0.1, -0.05) is 6.07 Å². The highest BCUT2D eigenvalue weighted by Gasteiger charge is 2.15. The number of hydrogen-bond acceptors (Lipinski definition) is 4. The average Bonchev–Trinajstić information content (AvgIpc) is 2.41. The molecule has 2 rings (SSSR count). The smallest absolute Gasteiger partial charge is 0.192 e. The molecule has 2 aromatic rings. The topological polar surface area (TPSA) is 37.8 Å². The summed E-state index contributed by atoms with van der Waals surface area (Å²) < 4.78 is 14.0. The van der Waals surface area contributed by atoms with Crippen molar-refractivity contribution in [3.63, 3.8) is 0 Å². The first-order chi connectivity index (χ1) is 9.11. The van der Waals surface area contributed by atoms with Crippen LogP contribution in [0.5, 0.6) is 0 Å². The number of rotatable bonds is 4. The lowest BCUT2D eigenvalue weighted by atomic mass is 10.1. The Morgan fingerprint density at radius 2 is 1.95 bits per heavy atom. The summed E-state index contributed by atoms with van der Waals surface area (Å²) in [5.41, 5.74) is 1.66. The van der Waals surface area contributed by atoms with E-state index in [4.69, 9.17) is 0 Å². The highest BCUT2D eigenvalue weighted by Crippen LogP contribution is 2.32. The largest absolute Gasteiger partial charge is 0.313 e. The number of aromatic nitrogens is 2. The van der Waals surface area contributed by atoms with Crippen molar-refractivity contribution in [2.75, 3.05) is 7.05 Å². The van der Waals surface area contributed by atoms with Gasteiger partial charge in [0.1, 0.15) is 5.82 Å². The summed E-state index contributed by atoms with van der Waals surface area (Å²) in [5.74, 6) is -0.209. The fraction of sp³-hybridized carbons (Fsp3) is 0.286. The van der Waals surface area contributed by atoms with Crippen LogP contribution in [0.15, 0.2) is 40.6 Å². The molecule has 0 fully saturated rings. The second-order valence-electron chi connectivity index (χ2n) is 4.31. The lowest BCUT2D eigenvalue weighted by Crippen LogP contribution is -2.15. The van der Waals surface area contributed by atoms with Crippen LogP contribution in [0.4, 0.5) is 4.39 Å². The predicted molar refractivity (Wildman–Crippen MR) is 74.8 cm³/mol. The molecule has 1 unspecified atom stereocenters. The average molecular weight is 277 g/mol. The van der Waals surface area contributed by atoms with Gasteiger partial charge in [0.05, 0.1) is 0 Å². The zero-order chi connectivity index (χ0) is 13.8. The molecule has 0 saturated carbocycles.